The molecular formula is C13H29Cl2N3O. The summed E-state index contributed by atoms with van der Waals surface area (Å²) in [5, 5.41) is 3.40. The predicted octanol–water partition coefficient (Wildman–Crippen LogP) is 1.24. The number of nitrogens with zero attached hydrogens (tertiary/aromatic N) is 2. The van der Waals surface area contributed by atoms with Crippen molar-refractivity contribution in [3.8, 4) is 0 Å². The highest BCUT2D eigenvalue weighted by atomic mass is 35.5. The summed E-state index contributed by atoms with van der Waals surface area (Å²) in [6.45, 7) is 12.6. The average Bonchev–Trinajstić information content (AvgIpc) is 2.88. The van der Waals surface area contributed by atoms with Gasteiger partial charge in [-0.3, -0.25) is 9.80 Å². The van der Waals surface area contributed by atoms with Crippen molar-refractivity contribution < 1.29 is 4.74 Å². The van der Waals surface area contributed by atoms with Crippen LogP contribution in [0.5, 0.6) is 0 Å². The van der Waals surface area contributed by atoms with E-state index in [1.54, 1.807) is 0 Å². The number of hydrogen-bond acceptors (Lipinski definition) is 4. The maximum Gasteiger partial charge on any atom is 0.0702 e. The molecule has 4 nitrogen and oxygen atoms in total. The Balaban J connectivity index is 0.00000162. The predicted molar refractivity (Wildman–Crippen MR) is 84.9 cm³/mol. The summed E-state index contributed by atoms with van der Waals surface area (Å²) in [5.74, 6) is 0. The van der Waals surface area contributed by atoms with Crippen molar-refractivity contribution >= 4 is 24.8 Å². The molecule has 116 valence electrons. The summed E-state index contributed by atoms with van der Waals surface area (Å²) in [5.41, 5.74) is 0. The quantitative estimate of drug-likeness (QED) is 0.798. The van der Waals surface area contributed by atoms with Gasteiger partial charge in [0.05, 0.1) is 6.10 Å². The highest BCUT2D eigenvalue weighted by Crippen LogP contribution is 2.13. The average molecular weight is 314 g/mol. The van der Waals surface area contributed by atoms with Gasteiger partial charge in [0.25, 0.3) is 0 Å². The van der Waals surface area contributed by atoms with Gasteiger partial charge in [-0.2, -0.15) is 0 Å². The highest BCUT2D eigenvalue weighted by Gasteiger charge is 2.19. The molecule has 0 radical (unpaired) electrons. The lowest BCUT2D eigenvalue weighted by atomic mass is 10.2. The number of piperazine rings is 1. The van der Waals surface area contributed by atoms with Crippen LogP contribution in [-0.4, -0.2) is 74.9 Å². The third-order valence-corrected chi connectivity index (χ3v) is 3.88. The second-order valence-electron chi connectivity index (χ2n) is 5.12. The van der Waals surface area contributed by atoms with E-state index in [2.05, 4.69) is 22.0 Å². The van der Waals surface area contributed by atoms with E-state index >= 15 is 0 Å². The van der Waals surface area contributed by atoms with Crippen LogP contribution in [0.15, 0.2) is 0 Å². The summed E-state index contributed by atoms with van der Waals surface area (Å²) < 4.78 is 5.71. The molecule has 2 heterocycles. The van der Waals surface area contributed by atoms with Crippen molar-refractivity contribution in [2.75, 3.05) is 59.0 Å². The molecule has 0 aromatic heterocycles. The molecule has 0 aromatic carbocycles. The molecule has 0 amide bonds. The number of likely N-dealkylation sites (N-methyl/N-ethyl adjacent to an activating group) is 1. The first kappa shape index (κ1) is 19.4. The van der Waals surface area contributed by atoms with E-state index in [0.717, 1.165) is 32.8 Å². The van der Waals surface area contributed by atoms with Crippen molar-refractivity contribution in [2.45, 2.75) is 25.9 Å². The van der Waals surface area contributed by atoms with E-state index in [1.807, 2.05) is 0 Å². The first-order valence-electron chi connectivity index (χ1n) is 7.15. The maximum absolute atomic E-state index is 5.71. The SMILES string of the molecule is CCN(CCN1CCNCC1)CC1CCCO1.Cl.Cl. The van der Waals surface area contributed by atoms with Gasteiger partial charge in [-0.15, -0.1) is 24.8 Å². The lowest BCUT2D eigenvalue weighted by Crippen LogP contribution is -2.47. The molecule has 19 heavy (non-hydrogen) atoms. The Labute approximate surface area is 130 Å². The van der Waals surface area contributed by atoms with Crippen LogP contribution >= 0.6 is 24.8 Å². The van der Waals surface area contributed by atoms with Crippen LogP contribution in [0.3, 0.4) is 0 Å². The molecule has 1 atom stereocenters. The second-order valence-corrected chi connectivity index (χ2v) is 5.12. The van der Waals surface area contributed by atoms with Crippen molar-refractivity contribution in [1.82, 2.24) is 15.1 Å². The number of halogens is 2. The molecule has 2 fully saturated rings. The van der Waals surface area contributed by atoms with E-state index < -0.39 is 0 Å². The van der Waals surface area contributed by atoms with E-state index in [1.165, 1.54) is 39.0 Å². The minimum atomic E-state index is 0. The highest BCUT2D eigenvalue weighted by molar-refractivity contribution is 5.85. The molecule has 1 unspecified atom stereocenters. The third-order valence-electron chi connectivity index (χ3n) is 3.88. The summed E-state index contributed by atoms with van der Waals surface area (Å²) in [4.78, 5) is 5.10. The van der Waals surface area contributed by atoms with Crippen molar-refractivity contribution in [3.05, 3.63) is 0 Å². The van der Waals surface area contributed by atoms with Gasteiger partial charge < -0.3 is 10.1 Å². The van der Waals surface area contributed by atoms with Gasteiger partial charge in [0, 0.05) is 52.4 Å². The Morgan fingerprint density at radius 2 is 2.00 bits per heavy atom. The molecular weight excluding hydrogens is 285 g/mol. The Hall–Kier alpha value is 0.420. The number of ether oxygens (including phenoxy) is 1. The summed E-state index contributed by atoms with van der Waals surface area (Å²) in [6.07, 6.45) is 3.00. The van der Waals surface area contributed by atoms with Crippen molar-refractivity contribution in [2.24, 2.45) is 0 Å². The number of hydrogen-bond donors (Lipinski definition) is 1. The van der Waals surface area contributed by atoms with Gasteiger partial charge in [-0.1, -0.05) is 6.92 Å². The Bertz CT molecular complexity index is 210. The van der Waals surface area contributed by atoms with Crippen molar-refractivity contribution in [3.63, 3.8) is 0 Å². The molecule has 0 aliphatic carbocycles. The van der Waals surface area contributed by atoms with Crippen LogP contribution < -0.4 is 5.32 Å². The molecule has 2 rings (SSSR count). The van der Waals surface area contributed by atoms with Crippen molar-refractivity contribution in [1.29, 1.82) is 0 Å². The van der Waals surface area contributed by atoms with Crippen LogP contribution in [0.2, 0.25) is 0 Å². The van der Waals surface area contributed by atoms with Gasteiger partial charge in [0.15, 0.2) is 0 Å². The standard InChI is InChI=1S/C13H27N3O.2ClH/c1-2-15(12-13-4-3-11-17-13)9-10-16-7-5-14-6-8-16;;/h13-14H,2-12H2,1H3;2*1H. The molecule has 2 aliphatic heterocycles. The van der Waals surface area contributed by atoms with Crippen LogP contribution in [0, 0.1) is 0 Å². The molecule has 2 saturated heterocycles. The second kappa shape index (κ2) is 11.1. The summed E-state index contributed by atoms with van der Waals surface area (Å²) in [6, 6.07) is 0. The number of rotatable bonds is 6. The number of nitrogens with one attached hydrogen (secondary N) is 1. The fourth-order valence-corrected chi connectivity index (χ4v) is 2.67. The van der Waals surface area contributed by atoms with Crippen LogP contribution in [0.25, 0.3) is 0 Å². The third kappa shape index (κ3) is 7.11. The first-order chi connectivity index (χ1) is 8.38. The molecule has 0 bridgehead atoms. The molecule has 1 N–H and O–H groups in total. The zero-order valence-corrected chi connectivity index (χ0v) is 13.6. The molecule has 0 aromatic rings. The first-order valence-corrected chi connectivity index (χ1v) is 7.15. The largest absolute Gasteiger partial charge is 0.377 e. The van der Waals surface area contributed by atoms with Gasteiger partial charge in [-0.25, -0.2) is 0 Å². The molecule has 0 saturated carbocycles. The fraction of sp³-hybridized carbons (Fsp3) is 1.00. The molecule has 6 heteroatoms. The van der Waals surface area contributed by atoms with Gasteiger partial charge in [0.1, 0.15) is 0 Å². The van der Waals surface area contributed by atoms with E-state index in [9.17, 15) is 0 Å². The van der Waals surface area contributed by atoms with E-state index in [4.69, 9.17) is 4.74 Å². The molecule has 2 aliphatic rings. The molecule has 0 spiro atoms. The Morgan fingerprint density at radius 3 is 2.58 bits per heavy atom. The van der Waals surface area contributed by atoms with Crippen LogP contribution in [-0.2, 0) is 4.74 Å². The summed E-state index contributed by atoms with van der Waals surface area (Å²) in [7, 11) is 0. The minimum Gasteiger partial charge on any atom is -0.377 e. The maximum atomic E-state index is 5.71. The topological polar surface area (TPSA) is 27.7 Å². The van der Waals surface area contributed by atoms with Gasteiger partial charge in [-0.05, 0) is 19.4 Å². The lowest BCUT2D eigenvalue weighted by molar-refractivity contribution is 0.0702. The van der Waals surface area contributed by atoms with Crippen LogP contribution in [0.1, 0.15) is 19.8 Å². The zero-order chi connectivity index (χ0) is 11.9. The summed E-state index contributed by atoms with van der Waals surface area (Å²) >= 11 is 0. The Kier molecular flexibility index (Phi) is 11.4. The zero-order valence-electron chi connectivity index (χ0n) is 12.0. The smallest absolute Gasteiger partial charge is 0.0702 e. The van der Waals surface area contributed by atoms with E-state index in [-0.39, 0.29) is 24.8 Å². The fourth-order valence-electron chi connectivity index (χ4n) is 2.67. The Morgan fingerprint density at radius 1 is 1.26 bits per heavy atom. The normalized spacial score (nSPS) is 24.0. The van der Waals surface area contributed by atoms with E-state index in [0.29, 0.717) is 6.10 Å². The lowest BCUT2D eigenvalue weighted by Gasteiger charge is -2.30. The van der Waals surface area contributed by atoms with Crippen LogP contribution in [0.4, 0.5) is 0 Å². The monoisotopic (exact) mass is 313 g/mol. The van der Waals surface area contributed by atoms with Gasteiger partial charge >= 0.3 is 0 Å². The minimum absolute atomic E-state index is 0. The van der Waals surface area contributed by atoms with Gasteiger partial charge in [0.2, 0.25) is 0 Å².